The van der Waals surface area contributed by atoms with Crippen LogP contribution in [0.3, 0.4) is 0 Å². The number of sulfonamides is 1. The minimum absolute atomic E-state index is 0.0766. The van der Waals surface area contributed by atoms with Crippen molar-refractivity contribution in [3.05, 3.63) is 88.4 Å². The van der Waals surface area contributed by atoms with Gasteiger partial charge in [0, 0.05) is 16.3 Å². The zero-order valence-corrected chi connectivity index (χ0v) is 16.9. The van der Waals surface area contributed by atoms with Gasteiger partial charge in [0.05, 0.1) is 10.6 Å². The Kier molecular flexibility index (Phi) is 5.72. The molecule has 0 saturated heterocycles. The van der Waals surface area contributed by atoms with E-state index in [0.717, 1.165) is 11.1 Å². The molecule has 0 spiro atoms. The highest BCUT2D eigenvalue weighted by Gasteiger charge is 2.16. The van der Waals surface area contributed by atoms with Gasteiger partial charge in [0.1, 0.15) is 0 Å². The van der Waals surface area contributed by atoms with E-state index in [1.807, 2.05) is 19.9 Å². The molecule has 3 rings (SSSR count). The number of carbonyl (C=O) groups is 1. The fourth-order valence-corrected chi connectivity index (χ4v) is 3.93. The first kappa shape index (κ1) is 19.9. The normalized spacial score (nSPS) is 11.1. The molecule has 0 bridgehead atoms. The third kappa shape index (κ3) is 4.52. The lowest BCUT2D eigenvalue weighted by Crippen LogP contribution is -2.15. The Morgan fingerprint density at radius 2 is 1.61 bits per heavy atom. The third-order valence-corrected chi connectivity index (χ3v) is 5.97. The van der Waals surface area contributed by atoms with Gasteiger partial charge in [-0.25, -0.2) is 8.42 Å². The van der Waals surface area contributed by atoms with Gasteiger partial charge in [-0.05, 0) is 73.5 Å². The third-order valence-electron chi connectivity index (χ3n) is 4.36. The lowest BCUT2D eigenvalue weighted by atomic mass is 10.1. The summed E-state index contributed by atoms with van der Waals surface area (Å²) in [4.78, 5) is 12.4. The molecule has 144 valence electrons. The van der Waals surface area contributed by atoms with Crippen molar-refractivity contribution in [2.24, 2.45) is 0 Å². The quantitative estimate of drug-likeness (QED) is 0.616. The predicted molar refractivity (Wildman–Crippen MR) is 113 cm³/mol. The second kappa shape index (κ2) is 8.04. The highest BCUT2D eigenvalue weighted by Crippen LogP contribution is 2.22. The largest absolute Gasteiger partial charge is 0.322 e. The zero-order chi connectivity index (χ0) is 20.3. The zero-order valence-electron chi connectivity index (χ0n) is 15.4. The van der Waals surface area contributed by atoms with Gasteiger partial charge >= 0.3 is 0 Å². The van der Waals surface area contributed by atoms with Gasteiger partial charge in [-0.1, -0.05) is 29.8 Å². The number of amides is 1. The number of nitrogens with one attached hydrogen (secondary N) is 2. The summed E-state index contributed by atoms with van der Waals surface area (Å²) in [6, 6.07) is 18.0. The molecule has 0 saturated carbocycles. The van der Waals surface area contributed by atoms with Gasteiger partial charge in [0.25, 0.3) is 15.9 Å². The minimum Gasteiger partial charge on any atom is -0.322 e. The first-order chi connectivity index (χ1) is 13.3. The van der Waals surface area contributed by atoms with E-state index >= 15 is 0 Å². The Morgan fingerprint density at radius 3 is 2.29 bits per heavy atom. The molecular formula is C21H19ClN2O3S. The predicted octanol–water partition coefficient (Wildman–Crippen LogP) is 5.01. The van der Waals surface area contributed by atoms with Crippen molar-refractivity contribution in [1.29, 1.82) is 0 Å². The monoisotopic (exact) mass is 414 g/mol. The van der Waals surface area contributed by atoms with Crippen LogP contribution in [0.5, 0.6) is 0 Å². The molecule has 2 N–H and O–H groups in total. The van der Waals surface area contributed by atoms with E-state index in [4.69, 9.17) is 11.6 Å². The Hall–Kier alpha value is -2.83. The summed E-state index contributed by atoms with van der Waals surface area (Å²) in [5, 5.41) is 3.23. The molecule has 0 radical (unpaired) electrons. The topological polar surface area (TPSA) is 75.3 Å². The molecule has 0 aliphatic carbocycles. The average Bonchev–Trinajstić information content (AvgIpc) is 2.65. The Labute approximate surface area is 169 Å². The first-order valence-electron chi connectivity index (χ1n) is 8.52. The van der Waals surface area contributed by atoms with Gasteiger partial charge in [-0.2, -0.15) is 0 Å². The van der Waals surface area contributed by atoms with Crippen molar-refractivity contribution in [3.63, 3.8) is 0 Å². The standard InChI is InChI=1S/C21H19ClN2O3S/c1-14-5-3-8-20(15(14)2)24-28(26,27)19-11-9-16(10-12-19)21(25)23-18-7-4-6-17(22)13-18/h3-13,24H,1-2H3,(H,23,25). The number of anilines is 2. The maximum absolute atomic E-state index is 12.6. The van der Waals surface area contributed by atoms with Crippen LogP contribution in [0.2, 0.25) is 5.02 Å². The molecular weight excluding hydrogens is 396 g/mol. The van der Waals surface area contributed by atoms with Crippen LogP contribution in [0.4, 0.5) is 11.4 Å². The summed E-state index contributed by atoms with van der Waals surface area (Å²) in [6.45, 7) is 3.77. The first-order valence-corrected chi connectivity index (χ1v) is 10.4. The summed E-state index contributed by atoms with van der Waals surface area (Å²) in [5.41, 5.74) is 3.29. The molecule has 28 heavy (non-hydrogen) atoms. The Morgan fingerprint density at radius 1 is 0.929 bits per heavy atom. The summed E-state index contributed by atoms with van der Waals surface area (Å²) < 4.78 is 27.9. The van der Waals surface area contributed by atoms with Crippen molar-refractivity contribution in [1.82, 2.24) is 0 Å². The van der Waals surface area contributed by atoms with Gasteiger partial charge in [0.2, 0.25) is 0 Å². The maximum Gasteiger partial charge on any atom is 0.261 e. The van der Waals surface area contributed by atoms with E-state index in [1.54, 1.807) is 36.4 Å². The van der Waals surface area contributed by atoms with Gasteiger partial charge in [-0.3, -0.25) is 9.52 Å². The van der Waals surface area contributed by atoms with Crippen molar-refractivity contribution < 1.29 is 13.2 Å². The Bertz CT molecular complexity index is 1130. The van der Waals surface area contributed by atoms with Crippen LogP contribution in [0, 0.1) is 13.8 Å². The van der Waals surface area contributed by atoms with Crippen LogP contribution in [-0.2, 0) is 10.0 Å². The van der Waals surface area contributed by atoms with Crippen molar-refractivity contribution in [3.8, 4) is 0 Å². The summed E-state index contributed by atoms with van der Waals surface area (Å²) in [7, 11) is -3.76. The molecule has 3 aromatic carbocycles. The second-order valence-corrected chi connectivity index (χ2v) is 8.46. The van der Waals surface area contributed by atoms with E-state index in [-0.39, 0.29) is 10.8 Å². The minimum atomic E-state index is -3.76. The fraction of sp³-hybridized carbons (Fsp3) is 0.0952. The number of halogens is 1. The van der Waals surface area contributed by atoms with Crippen LogP contribution in [0.1, 0.15) is 21.5 Å². The molecule has 0 fully saturated rings. The summed E-state index contributed by atoms with van der Waals surface area (Å²) in [6.07, 6.45) is 0. The molecule has 0 atom stereocenters. The van der Waals surface area contributed by atoms with Crippen molar-refractivity contribution in [2.45, 2.75) is 18.7 Å². The van der Waals surface area contributed by atoms with Crippen LogP contribution in [0.25, 0.3) is 0 Å². The van der Waals surface area contributed by atoms with Crippen molar-refractivity contribution in [2.75, 3.05) is 10.0 Å². The molecule has 0 unspecified atom stereocenters. The lowest BCUT2D eigenvalue weighted by Gasteiger charge is -2.12. The van der Waals surface area contributed by atoms with E-state index < -0.39 is 10.0 Å². The molecule has 0 aliphatic heterocycles. The maximum atomic E-state index is 12.6. The molecule has 3 aromatic rings. The highest BCUT2D eigenvalue weighted by molar-refractivity contribution is 7.92. The number of rotatable bonds is 5. The number of benzene rings is 3. The van der Waals surface area contributed by atoms with Crippen molar-refractivity contribution >= 4 is 38.9 Å². The van der Waals surface area contributed by atoms with E-state index in [0.29, 0.717) is 22.0 Å². The van der Waals surface area contributed by atoms with Gasteiger partial charge in [-0.15, -0.1) is 0 Å². The average molecular weight is 415 g/mol. The smallest absolute Gasteiger partial charge is 0.261 e. The van der Waals surface area contributed by atoms with Crippen LogP contribution in [0.15, 0.2) is 71.6 Å². The molecule has 5 nitrogen and oxygen atoms in total. The SMILES string of the molecule is Cc1cccc(NS(=O)(=O)c2ccc(C(=O)Nc3cccc(Cl)c3)cc2)c1C. The lowest BCUT2D eigenvalue weighted by molar-refractivity contribution is 0.102. The molecule has 7 heteroatoms. The van der Waals surface area contributed by atoms with E-state index in [9.17, 15) is 13.2 Å². The van der Waals surface area contributed by atoms with Crippen LogP contribution < -0.4 is 10.0 Å². The van der Waals surface area contributed by atoms with Crippen LogP contribution >= 0.6 is 11.6 Å². The van der Waals surface area contributed by atoms with Gasteiger partial charge in [0.15, 0.2) is 0 Å². The number of aryl methyl sites for hydroxylation is 1. The number of carbonyl (C=O) groups excluding carboxylic acids is 1. The highest BCUT2D eigenvalue weighted by atomic mass is 35.5. The molecule has 1 amide bonds. The number of hydrogen-bond donors (Lipinski definition) is 2. The van der Waals surface area contributed by atoms with E-state index in [2.05, 4.69) is 10.0 Å². The summed E-state index contributed by atoms with van der Waals surface area (Å²) in [5.74, 6) is -0.353. The summed E-state index contributed by atoms with van der Waals surface area (Å²) >= 11 is 5.91. The van der Waals surface area contributed by atoms with E-state index in [1.165, 1.54) is 24.3 Å². The Balaban J connectivity index is 1.77. The second-order valence-electron chi connectivity index (χ2n) is 6.34. The molecule has 0 aliphatic rings. The fourth-order valence-electron chi connectivity index (χ4n) is 2.62. The van der Waals surface area contributed by atoms with Crippen LogP contribution in [-0.4, -0.2) is 14.3 Å². The molecule has 0 heterocycles. The van der Waals surface area contributed by atoms with Gasteiger partial charge < -0.3 is 5.32 Å². The number of hydrogen-bond acceptors (Lipinski definition) is 3. The molecule has 0 aromatic heterocycles.